The average Bonchev–Trinajstić information content (AvgIpc) is 3.05. The molecule has 1 aliphatic rings. The Morgan fingerprint density at radius 3 is 2.85 bits per heavy atom. The highest BCUT2D eigenvalue weighted by Gasteiger charge is 2.27. The molecule has 0 bridgehead atoms. The fourth-order valence-electron chi connectivity index (χ4n) is 1.78. The summed E-state index contributed by atoms with van der Waals surface area (Å²) in [6, 6.07) is 3.44. The van der Waals surface area contributed by atoms with Gasteiger partial charge in [-0.1, -0.05) is 11.3 Å². The lowest BCUT2D eigenvalue weighted by atomic mass is 10.3. The van der Waals surface area contributed by atoms with Gasteiger partial charge < -0.3 is 10.5 Å². The van der Waals surface area contributed by atoms with E-state index in [0.717, 1.165) is 17.5 Å². The smallest absolute Gasteiger partial charge is 0.301 e. The summed E-state index contributed by atoms with van der Waals surface area (Å²) < 4.78 is 34.6. The monoisotopic (exact) mass is 314 g/mol. The molecule has 7 nitrogen and oxygen atoms in total. The Morgan fingerprint density at radius 1 is 1.45 bits per heavy atom. The molecule has 0 atom stereocenters. The van der Waals surface area contributed by atoms with Crippen LogP contribution in [-0.4, -0.2) is 26.6 Å². The van der Waals surface area contributed by atoms with Gasteiger partial charge in [-0.05, 0) is 18.9 Å². The van der Waals surface area contributed by atoms with Crippen LogP contribution >= 0.6 is 11.3 Å². The molecule has 1 fully saturated rings. The van der Waals surface area contributed by atoms with Crippen LogP contribution in [-0.2, 0) is 10.2 Å². The van der Waals surface area contributed by atoms with Gasteiger partial charge in [-0.3, -0.25) is 0 Å². The number of nitrogens with zero attached hydrogens (tertiary/aromatic N) is 1. The van der Waals surface area contributed by atoms with E-state index in [9.17, 15) is 8.42 Å². The van der Waals surface area contributed by atoms with Gasteiger partial charge in [-0.15, -0.1) is 0 Å². The number of nitrogens with one attached hydrogen (secondary N) is 2. The summed E-state index contributed by atoms with van der Waals surface area (Å²) in [6.45, 7) is 0. The van der Waals surface area contributed by atoms with Crippen LogP contribution in [0.2, 0.25) is 0 Å². The first kappa shape index (κ1) is 13.4. The second kappa shape index (κ2) is 4.76. The maximum Gasteiger partial charge on any atom is 0.301 e. The van der Waals surface area contributed by atoms with Crippen LogP contribution in [0, 0.1) is 0 Å². The first-order valence-electron chi connectivity index (χ1n) is 6.01. The minimum atomic E-state index is -3.57. The van der Waals surface area contributed by atoms with E-state index in [1.165, 1.54) is 18.4 Å². The third kappa shape index (κ3) is 2.79. The molecule has 1 aliphatic carbocycles. The third-order valence-corrected chi connectivity index (χ3v) is 4.98. The quantitative estimate of drug-likeness (QED) is 0.721. The van der Waals surface area contributed by atoms with Crippen molar-refractivity contribution in [1.29, 1.82) is 0 Å². The summed E-state index contributed by atoms with van der Waals surface area (Å²) in [7, 11) is -2.05. The molecule has 0 radical (unpaired) electrons. The maximum absolute atomic E-state index is 11.8. The van der Waals surface area contributed by atoms with Crippen LogP contribution in [0.25, 0.3) is 10.2 Å². The summed E-state index contributed by atoms with van der Waals surface area (Å²) in [5, 5.41) is 0.289. The predicted molar refractivity (Wildman–Crippen MR) is 79.3 cm³/mol. The van der Waals surface area contributed by atoms with Gasteiger partial charge in [0.25, 0.3) is 0 Å². The Morgan fingerprint density at radius 2 is 2.20 bits per heavy atom. The molecular formula is C11H14N4O3S2. The van der Waals surface area contributed by atoms with Gasteiger partial charge in [-0.2, -0.15) is 13.1 Å². The van der Waals surface area contributed by atoms with E-state index >= 15 is 0 Å². The van der Waals surface area contributed by atoms with Crippen molar-refractivity contribution >= 4 is 42.6 Å². The van der Waals surface area contributed by atoms with E-state index in [0.29, 0.717) is 17.0 Å². The molecule has 2 aromatic rings. The number of hydrogen-bond acceptors (Lipinski definition) is 6. The van der Waals surface area contributed by atoms with Crippen LogP contribution in [0.5, 0.6) is 5.75 Å². The lowest BCUT2D eigenvalue weighted by Gasteiger charge is -2.04. The van der Waals surface area contributed by atoms with Crippen molar-refractivity contribution in [3.63, 3.8) is 0 Å². The van der Waals surface area contributed by atoms with Crippen LogP contribution in [0.1, 0.15) is 12.8 Å². The lowest BCUT2D eigenvalue weighted by molar-refractivity contribution is 0.419. The zero-order chi connectivity index (χ0) is 14.3. The van der Waals surface area contributed by atoms with Crippen LogP contribution in [0.4, 0.5) is 10.8 Å². The molecule has 0 amide bonds. The number of nitrogens with two attached hydrogens (primary N) is 1. The second-order valence-electron chi connectivity index (χ2n) is 4.59. The molecule has 1 aromatic heterocycles. The zero-order valence-electron chi connectivity index (χ0n) is 10.7. The zero-order valence-corrected chi connectivity index (χ0v) is 12.3. The molecule has 0 saturated heterocycles. The number of methoxy groups -OCH3 is 1. The number of fused-ring (bicyclic) bond motifs is 1. The average molecular weight is 314 g/mol. The van der Waals surface area contributed by atoms with Gasteiger partial charge >= 0.3 is 10.2 Å². The molecular weight excluding hydrogens is 300 g/mol. The number of hydrogen-bond donors (Lipinski definition) is 3. The van der Waals surface area contributed by atoms with Crippen molar-refractivity contribution in [2.45, 2.75) is 18.9 Å². The van der Waals surface area contributed by atoms with Gasteiger partial charge in [0.1, 0.15) is 11.3 Å². The SMILES string of the molecule is COc1cc(N)cc2sc(NS(=O)(=O)NC3CC3)nc12. The van der Waals surface area contributed by atoms with Crippen molar-refractivity contribution in [3.05, 3.63) is 12.1 Å². The number of rotatable bonds is 5. The molecule has 1 saturated carbocycles. The molecule has 1 aromatic carbocycles. The molecule has 9 heteroatoms. The molecule has 3 rings (SSSR count). The minimum absolute atomic E-state index is 0.0482. The minimum Gasteiger partial charge on any atom is -0.494 e. The molecule has 20 heavy (non-hydrogen) atoms. The van der Waals surface area contributed by atoms with Gasteiger partial charge in [0.15, 0.2) is 5.13 Å². The van der Waals surface area contributed by atoms with Crippen LogP contribution < -0.4 is 19.9 Å². The Bertz CT molecular complexity index is 752. The number of aromatic nitrogens is 1. The van der Waals surface area contributed by atoms with Gasteiger partial charge in [-0.25, -0.2) is 9.71 Å². The van der Waals surface area contributed by atoms with Crippen LogP contribution in [0.3, 0.4) is 0 Å². The van der Waals surface area contributed by atoms with E-state index in [1.54, 1.807) is 12.1 Å². The number of benzene rings is 1. The molecule has 108 valence electrons. The first-order chi connectivity index (χ1) is 9.47. The predicted octanol–water partition coefficient (Wildman–Crippen LogP) is 1.30. The normalized spacial score (nSPS) is 15.4. The van der Waals surface area contributed by atoms with Crippen molar-refractivity contribution in [2.75, 3.05) is 17.6 Å². The summed E-state index contributed by atoms with van der Waals surface area (Å²) in [4.78, 5) is 4.25. The van der Waals surface area contributed by atoms with E-state index < -0.39 is 10.2 Å². The highest BCUT2D eigenvalue weighted by atomic mass is 32.2. The van der Waals surface area contributed by atoms with E-state index in [2.05, 4.69) is 14.4 Å². The maximum atomic E-state index is 11.8. The summed E-state index contributed by atoms with van der Waals surface area (Å²) in [6.07, 6.45) is 1.76. The molecule has 1 heterocycles. The topological polar surface area (TPSA) is 106 Å². The fraction of sp³-hybridized carbons (Fsp3) is 0.364. The van der Waals surface area contributed by atoms with Crippen molar-refractivity contribution in [3.8, 4) is 5.75 Å². The number of anilines is 2. The van der Waals surface area contributed by atoms with Crippen LogP contribution in [0.15, 0.2) is 12.1 Å². The van der Waals surface area contributed by atoms with E-state index in [4.69, 9.17) is 10.5 Å². The Kier molecular flexibility index (Phi) is 3.19. The molecule has 4 N–H and O–H groups in total. The lowest BCUT2D eigenvalue weighted by Crippen LogP contribution is -2.31. The molecule has 0 spiro atoms. The molecule has 0 unspecified atom stereocenters. The third-order valence-electron chi connectivity index (χ3n) is 2.82. The van der Waals surface area contributed by atoms with Gasteiger partial charge in [0, 0.05) is 17.8 Å². The van der Waals surface area contributed by atoms with Crippen molar-refractivity contribution in [1.82, 2.24) is 9.71 Å². The van der Waals surface area contributed by atoms with Gasteiger partial charge in [0.2, 0.25) is 0 Å². The summed E-state index contributed by atoms with van der Waals surface area (Å²) in [5.74, 6) is 0.525. The standard InChI is InChI=1S/C11H14N4O3S2/c1-18-8-4-6(12)5-9-10(8)13-11(19-9)15-20(16,17)14-7-2-3-7/h4-5,7,14H,2-3,12H2,1H3,(H,13,15). The number of thiazole rings is 1. The second-order valence-corrected chi connectivity index (χ2v) is 7.06. The van der Waals surface area contributed by atoms with Crippen molar-refractivity contribution < 1.29 is 13.2 Å². The van der Waals surface area contributed by atoms with E-state index in [-0.39, 0.29) is 11.2 Å². The number of nitrogen functional groups attached to an aromatic ring is 1. The van der Waals surface area contributed by atoms with Crippen molar-refractivity contribution in [2.24, 2.45) is 0 Å². The fourth-order valence-corrected chi connectivity index (χ4v) is 4.07. The Balaban J connectivity index is 1.92. The highest BCUT2D eigenvalue weighted by molar-refractivity contribution is 7.91. The Labute approximate surface area is 120 Å². The first-order valence-corrected chi connectivity index (χ1v) is 8.31. The van der Waals surface area contributed by atoms with Gasteiger partial charge in [0.05, 0.1) is 11.8 Å². The number of ether oxygens (including phenoxy) is 1. The molecule has 0 aliphatic heterocycles. The summed E-state index contributed by atoms with van der Waals surface area (Å²) in [5.41, 5.74) is 6.90. The summed E-state index contributed by atoms with van der Waals surface area (Å²) >= 11 is 1.21. The Hall–Kier alpha value is -1.58. The highest BCUT2D eigenvalue weighted by Crippen LogP contribution is 2.34. The largest absolute Gasteiger partial charge is 0.494 e. The van der Waals surface area contributed by atoms with E-state index in [1.807, 2.05) is 0 Å².